The van der Waals surface area contributed by atoms with Crippen LogP contribution in [-0.4, -0.2) is 0 Å². The molecule has 0 fully saturated rings. The second-order valence-corrected chi connectivity index (χ2v) is 18.7. The second-order valence-electron chi connectivity index (χ2n) is 18.7. The smallest absolute Gasteiger partial charge is 0.0720 e. The summed E-state index contributed by atoms with van der Waals surface area (Å²) in [5.74, 6) is 0. The first kappa shape index (κ1) is 39.4. The molecule has 3 aliphatic rings. The Morgan fingerprint density at radius 2 is 0.565 bits per heavy atom. The van der Waals surface area contributed by atoms with Gasteiger partial charge < -0.3 is 4.90 Å². The van der Waals surface area contributed by atoms with E-state index in [-0.39, 0.29) is 0 Å². The second kappa shape index (κ2) is 15.4. The van der Waals surface area contributed by atoms with Crippen LogP contribution in [0.15, 0.2) is 273 Å². The Balaban J connectivity index is 1.04. The highest BCUT2D eigenvalue weighted by molar-refractivity contribution is 5.96. The minimum absolute atomic E-state index is 0.500. The molecule has 0 saturated heterocycles. The summed E-state index contributed by atoms with van der Waals surface area (Å²) in [6.45, 7) is 0. The summed E-state index contributed by atoms with van der Waals surface area (Å²) in [7, 11) is 0. The van der Waals surface area contributed by atoms with Crippen molar-refractivity contribution >= 4 is 17.1 Å². The fourth-order valence-corrected chi connectivity index (χ4v) is 12.7. The van der Waals surface area contributed by atoms with Gasteiger partial charge in [0.15, 0.2) is 0 Å². The van der Waals surface area contributed by atoms with Gasteiger partial charge in [-0.3, -0.25) is 0 Å². The zero-order valence-electron chi connectivity index (χ0n) is 37.9. The van der Waals surface area contributed by atoms with Crippen LogP contribution in [0.25, 0.3) is 55.6 Å². The average molecular weight is 876 g/mol. The molecule has 14 rings (SSSR count). The first-order valence-corrected chi connectivity index (χ1v) is 24.1. The topological polar surface area (TPSA) is 3.24 Å². The molecule has 0 saturated carbocycles. The molecule has 322 valence electrons. The normalized spacial score (nSPS) is 13.7. The van der Waals surface area contributed by atoms with Crippen LogP contribution in [0.2, 0.25) is 0 Å². The SMILES string of the molecule is c1ccc(-c2cccc(-c3cccc(N(c4ccc5c(c4)C4(c6ccccc6-5)c5ccccc5C5(c6ccccc6-c6ccccc65)c5ccccc54)c4ccccc4-c4ccccc4)c3)c2)cc1. The molecule has 0 aliphatic heterocycles. The standard InChI is InChI=1S/C68H45N/c1-3-21-46(22-4-1)48-25-19-26-49(43-48)50-27-20-28-51(44-50)69(66-40-18-10-29-53(66)47-23-5-2-6-24-47)52-41-42-57-56-32-9-13-35-60(56)68(65(57)45-52)63-38-16-14-36-61(63)67(62-37-15-17-39-64(62)68)58-33-11-7-30-54(58)55-31-8-12-34-59(55)67/h1-45H. The van der Waals surface area contributed by atoms with Crippen molar-refractivity contribution in [1.82, 2.24) is 0 Å². The van der Waals surface area contributed by atoms with E-state index in [1.807, 2.05) is 0 Å². The van der Waals surface area contributed by atoms with E-state index in [1.165, 1.54) is 94.6 Å². The lowest BCUT2D eigenvalue weighted by molar-refractivity contribution is 0.633. The van der Waals surface area contributed by atoms with Gasteiger partial charge in [-0.1, -0.05) is 237 Å². The maximum absolute atomic E-state index is 2.53. The van der Waals surface area contributed by atoms with Crippen LogP contribution in [0.1, 0.15) is 44.5 Å². The van der Waals surface area contributed by atoms with Crippen LogP contribution in [0.3, 0.4) is 0 Å². The Labute approximate surface area is 403 Å². The van der Waals surface area contributed by atoms with Crippen molar-refractivity contribution in [3.8, 4) is 55.6 Å². The number of para-hydroxylation sites is 1. The zero-order valence-corrected chi connectivity index (χ0v) is 37.9. The minimum Gasteiger partial charge on any atom is -0.310 e. The highest BCUT2D eigenvalue weighted by Crippen LogP contribution is 2.67. The van der Waals surface area contributed by atoms with E-state index < -0.39 is 10.8 Å². The number of rotatable bonds is 6. The van der Waals surface area contributed by atoms with Crippen molar-refractivity contribution in [3.63, 3.8) is 0 Å². The molecular weight excluding hydrogens is 831 g/mol. The number of nitrogens with zero attached hydrogens (tertiary/aromatic N) is 1. The lowest BCUT2D eigenvalue weighted by atomic mass is 9.52. The van der Waals surface area contributed by atoms with Gasteiger partial charge in [-0.05, 0) is 131 Å². The Kier molecular flexibility index (Phi) is 8.78. The van der Waals surface area contributed by atoms with Crippen molar-refractivity contribution in [1.29, 1.82) is 0 Å². The fourth-order valence-electron chi connectivity index (χ4n) is 12.7. The summed E-state index contributed by atoms with van der Waals surface area (Å²) in [5, 5.41) is 0. The predicted octanol–water partition coefficient (Wildman–Crippen LogP) is 17.2. The summed E-state index contributed by atoms with van der Waals surface area (Å²) in [4.78, 5) is 2.50. The highest BCUT2D eigenvalue weighted by atomic mass is 15.1. The van der Waals surface area contributed by atoms with Crippen molar-refractivity contribution in [2.24, 2.45) is 0 Å². The van der Waals surface area contributed by atoms with E-state index in [4.69, 9.17) is 0 Å². The average Bonchev–Trinajstić information content (AvgIpc) is 3.89. The quantitative estimate of drug-likeness (QED) is 0.161. The Hall–Kier alpha value is -8.78. The van der Waals surface area contributed by atoms with E-state index in [1.54, 1.807) is 0 Å². The van der Waals surface area contributed by atoms with Crippen LogP contribution in [0, 0.1) is 0 Å². The van der Waals surface area contributed by atoms with Crippen molar-refractivity contribution in [2.45, 2.75) is 10.8 Å². The molecule has 11 aromatic rings. The molecule has 2 spiro atoms. The third-order valence-electron chi connectivity index (χ3n) is 15.3. The number of anilines is 3. The summed E-state index contributed by atoms with van der Waals surface area (Å²) >= 11 is 0. The third kappa shape index (κ3) is 5.59. The summed E-state index contributed by atoms with van der Waals surface area (Å²) in [5.41, 5.74) is 25.1. The largest absolute Gasteiger partial charge is 0.310 e. The summed E-state index contributed by atoms with van der Waals surface area (Å²) in [6, 6.07) is 102. The van der Waals surface area contributed by atoms with Gasteiger partial charge in [0.2, 0.25) is 0 Å². The molecule has 0 atom stereocenters. The Morgan fingerprint density at radius 3 is 1.12 bits per heavy atom. The lowest BCUT2D eigenvalue weighted by Gasteiger charge is -2.49. The van der Waals surface area contributed by atoms with Crippen LogP contribution < -0.4 is 4.90 Å². The highest BCUT2D eigenvalue weighted by Gasteiger charge is 2.59. The molecule has 11 aromatic carbocycles. The van der Waals surface area contributed by atoms with Crippen molar-refractivity contribution in [3.05, 3.63) is 317 Å². The van der Waals surface area contributed by atoms with E-state index in [2.05, 4.69) is 278 Å². The number of hydrogen-bond donors (Lipinski definition) is 0. The van der Waals surface area contributed by atoms with Gasteiger partial charge in [-0.2, -0.15) is 0 Å². The molecule has 0 N–H and O–H groups in total. The lowest BCUT2D eigenvalue weighted by Crippen LogP contribution is -2.43. The van der Waals surface area contributed by atoms with Gasteiger partial charge in [0.25, 0.3) is 0 Å². The predicted molar refractivity (Wildman–Crippen MR) is 286 cm³/mol. The van der Waals surface area contributed by atoms with Crippen molar-refractivity contribution in [2.75, 3.05) is 4.90 Å². The monoisotopic (exact) mass is 875 g/mol. The van der Waals surface area contributed by atoms with Gasteiger partial charge >= 0.3 is 0 Å². The molecular formula is C68H45N. The van der Waals surface area contributed by atoms with E-state index in [0.717, 1.165) is 22.6 Å². The molecule has 1 nitrogen and oxygen atoms in total. The van der Waals surface area contributed by atoms with E-state index in [0.29, 0.717) is 0 Å². The van der Waals surface area contributed by atoms with E-state index >= 15 is 0 Å². The molecule has 3 aliphatic carbocycles. The Morgan fingerprint density at radius 1 is 0.203 bits per heavy atom. The molecule has 1 heteroatoms. The van der Waals surface area contributed by atoms with Gasteiger partial charge in [-0.15, -0.1) is 0 Å². The van der Waals surface area contributed by atoms with Crippen LogP contribution in [-0.2, 0) is 10.8 Å². The van der Waals surface area contributed by atoms with E-state index in [9.17, 15) is 0 Å². The zero-order chi connectivity index (χ0) is 45.5. The first-order chi connectivity index (χ1) is 34.2. The molecule has 0 radical (unpaired) electrons. The van der Waals surface area contributed by atoms with Crippen LogP contribution in [0.5, 0.6) is 0 Å². The van der Waals surface area contributed by atoms with Gasteiger partial charge in [-0.25, -0.2) is 0 Å². The molecule has 0 heterocycles. The Bertz CT molecular complexity index is 3710. The summed E-state index contributed by atoms with van der Waals surface area (Å²) < 4.78 is 0. The van der Waals surface area contributed by atoms with Crippen LogP contribution >= 0.6 is 0 Å². The van der Waals surface area contributed by atoms with Gasteiger partial charge in [0, 0.05) is 16.9 Å². The molecule has 0 amide bonds. The summed E-state index contributed by atoms with van der Waals surface area (Å²) in [6.07, 6.45) is 0. The number of fused-ring (bicyclic) bond motifs is 16. The third-order valence-corrected chi connectivity index (χ3v) is 15.3. The molecule has 0 bridgehead atoms. The first-order valence-electron chi connectivity index (χ1n) is 24.1. The number of hydrogen-bond acceptors (Lipinski definition) is 1. The maximum Gasteiger partial charge on any atom is 0.0720 e. The van der Waals surface area contributed by atoms with Gasteiger partial charge in [0.1, 0.15) is 0 Å². The number of benzene rings is 11. The maximum atomic E-state index is 2.53. The minimum atomic E-state index is -0.614. The fraction of sp³-hybridized carbons (Fsp3) is 0.0294. The molecule has 0 aromatic heterocycles. The molecule has 0 unspecified atom stereocenters. The van der Waals surface area contributed by atoms with Crippen molar-refractivity contribution < 1.29 is 0 Å². The molecule has 69 heavy (non-hydrogen) atoms. The van der Waals surface area contributed by atoms with Gasteiger partial charge in [0.05, 0.1) is 16.5 Å². The van der Waals surface area contributed by atoms with Crippen LogP contribution in [0.4, 0.5) is 17.1 Å².